The van der Waals surface area contributed by atoms with Gasteiger partial charge < -0.3 is 14.2 Å². The lowest BCUT2D eigenvalue weighted by Crippen LogP contribution is -2.32. The number of hydrogen-bond donors (Lipinski definition) is 0. The quantitative estimate of drug-likeness (QED) is 0.131. The van der Waals surface area contributed by atoms with Gasteiger partial charge >= 0.3 is 6.11 Å². The molecule has 0 aromatic heterocycles. The van der Waals surface area contributed by atoms with Crippen LogP contribution < -0.4 is 14.2 Å². The number of halogens is 8. The van der Waals surface area contributed by atoms with Crippen molar-refractivity contribution in [3.05, 3.63) is 113 Å². The molecule has 11 heteroatoms. The molecule has 0 spiro atoms. The minimum atomic E-state index is -4.13. The van der Waals surface area contributed by atoms with Gasteiger partial charge in [0.25, 0.3) is 0 Å². The van der Waals surface area contributed by atoms with Crippen LogP contribution in [0.5, 0.6) is 17.2 Å². The second-order valence-electron chi connectivity index (χ2n) is 8.85. The molecule has 0 bridgehead atoms. The highest BCUT2D eigenvalue weighted by Crippen LogP contribution is 2.30. The van der Waals surface area contributed by atoms with Crippen LogP contribution in [0.3, 0.4) is 0 Å². The molecule has 0 aliphatic heterocycles. The summed E-state index contributed by atoms with van der Waals surface area (Å²) in [6.45, 7) is 0.368. The Kier molecular flexibility index (Phi) is 9.05. The maximum atomic E-state index is 14.6. The number of aryl methyl sites for hydroxylation is 2. The molecule has 0 saturated carbocycles. The van der Waals surface area contributed by atoms with E-state index in [0.717, 1.165) is 17.7 Å². The summed E-state index contributed by atoms with van der Waals surface area (Å²) in [5.74, 6) is -9.91. The van der Waals surface area contributed by atoms with E-state index in [4.69, 9.17) is 9.47 Å². The fourth-order valence-corrected chi connectivity index (χ4v) is 3.93. The molecule has 216 valence electrons. The number of benzene rings is 4. The molecule has 0 aliphatic carbocycles. The molecule has 0 radical (unpaired) electrons. The summed E-state index contributed by atoms with van der Waals surface area (Å²) in [7, 11) is 0. The van der Waals surface area contributed by atoms with Gasteiger partial charge in [-0.3, -0.25) is 0 Å². The lowest BCUT2D eigenvalue weighted by Gasteiger charge is -2.19. The average Bonchev–Trinajstić information content (AvgIpc) is 2.93. The van der Waals surface area contributed by atoms with E-state index in [0.29, 0.717) is 17.5 Å². The van der Waals surface area contributed by atoms with Crippen LogP contribution in [0.1, 0.15) is 18.1 Å². The third-order valence-electron chi connectivity index (χ3n) is 5.95. The summed E-state index contributed by atoms with van der Waals surface area (Å²) in [6.07, 6.45) is -3.49. The molecule has 0 N–H and O–H groups in total. The van der Waals surface area contributed by atoms with Gasteiger partial charge in [0.1, 0.15) is 5.75 Å². The Morgan fingerprint density at radius 1 is 0.610 bits per heavy atom. The Morgan fingerprint density at radius 3 is 1.88 bits per heavy atom. The summed E-state index contributed by atoms with van der Waals surface area (Å²) >= 11 is 0. The monoisotopic (exact) mass is 582 g/mol. The SMILES string of the molecule is CCOc1ccc(CCc2ccc(-c3ccc(OCC(F)(F)Oc4cc(F)c(F)c(F)c4)c(F)c3)cc2)c(F)c1F. The van der Waals surface area contributed by atoms with Crippen molar-refractivity contribution in [1.29, 1.82) is 0 Å². The second-order valence-corrected chi connectivity index (χ2v) is 8.85. The van der Waals surface area contributed by atoms with Crippen molar-refractivity contribution in [2.45, 2.75) is 25.9 Å². The Labute approximate surface area is 229 Å². The Bertz CT molecular complexity index is 1500. The van der Waals surface area contributed by atoms with Crippen LogP contribution in [-0.2, 0) is 12.8 Å². The summed E-state index contributed by atoms with van der Waals surface area (Å²) in [6, 6.07) is 13.8. The molecule has 0 saturated heterocycles. The highest BCUT2D eigenvalue weighted by Gasteiger charge is 2.34. The maximum absolute atomic E-state index is 14.6. The van der Waals surface area contributed by atoms with Gasteiger partial charge in [-0.05, 0) is 60.2 Å². The topological polar surface area (TPSA) is 27.7 Å². The van der Waals surface area contributed by atoms with Gasteiger partial charge in [0.2, 0.25) is 5.82 Å². The molecular weight excluding hydrogens is 560 g/mol. The first-order chi connectivity index (χ1) is 19.5. The first-order valence-corrected chi connectivity index (χ1v) is 12.3. The number of hydrogen-bond acceptors (Lipinski definition) is 3. The molecule has 3 nitrogen and oxygen atoms in total. The van der Waals surface area contributed by atoms with Gasteiger partial charge in [-0.15, -0.1) is 0 Å². The van der Waals surface area contributed by atoms with Gasteiger partial charge in [-0.1, -0.05) is 36.4 Å². The lowest BCUT2D eigenvalue weighted by molar-refractivity contribution is -0.196. The second kappa shape index (κ2) is 12.5. The van der Waals surface area contributed by atoms with Crippen LogP contribution in [0.25, 0.3) is 11.1 Å². The van der Waals surface area contributed by atoms with E-state index in [1.165, 1.54) is 18.2 Å². The molecule has 0 unspecified atom stereocenters. The zero-order chi connectivity index (χ0) is 29.7. The molecule has 4 rings (SSSR count). The van der Waals surface area contributed by atoms with Crippen molar-refractivity contribution in [3.63, 3.8) is 0 Å². The molecule has 41 heavy (non-hydrogen) atoms. The van der Waals surface area contributed by atoms with E-state index in [1.807, 2.05) is 0 Å². The first-order valence-electron chi connectivity index (χ1n) is 12.3. The largest absolute Gasteiger partial charge is 0.491 e. The van der Waals surface area contributed by atoms with Crippen LogP contribution in [0.15, 0.2) is 66.7 Å². The molecule has 0 aliphatic rings. The van der Waals surface area contributed by atoms with E-state index in [9.17, 15) is 35.1 Å². The standard InChI is InChI=1S/C30H22F8O3/c1-2-39-26-12-9-19(27(34)29(26)36)8-5-17-3-6-18(7-4-17)20-10-11-25(22(31)13-20)40-16-30(37,38)41-21-14-23(32)28(35)24(33)15-21/h3-4,6-7,9-15H,2,5,8,16H2,1H3. The van der Waals surface area contributed by atoms with Crippen molar-refractivity contribution in [2.75, 3.05) is 13.2 Å². The van der Waals surface area contributed by atoms with E-state index < -0.39 is 59.1 Å². The first kappa shape index (κ1) is 29.7. The van der Waals surface area contributed by atoms with Crippen LogP contribution in [-0.4, -0.2) is 19.3 Å². The normalized spacial score (nSPS) is 11.4. The summed E-state index contributed by atoms with van der Waals surface area (Å²) in [5.41, 5.74) is 2.00. The third kappa shape index (κ3) is 7.27. The lowest BCUT2D eigenvalue weighted by atomic mass is 10.00. The molecule has 0 amide bonds. The number of alkyl halides is 2. The third-order valence-corrected chi connectivity index (χ3v) is 5.95. The zero-order valence-electron chi connectivity index (χ0n) is 21.4. The Hall–Kier alpha value is -4.28. The summed E-state index contributed by atoms with van der Waals surface area (Å²) in [5, 5.41) is 0. The predicted molar refractivity (Wildman–Crippen MR) is 134 cm³/mol. The van der Waals surface area contributed by atoms with Gasteiger partial charge in [0.05, 0.1) is 6.61 Å². The molecule has 0 heterocycles. The van der Waals surface area contributed by atoms with Crippen molar-refractivity contribution in [3.8, 4) is 28.4 Å². The molecule has 4 aromatic carbocycles. The van der Waals surface area contributed by atoms with E-state index in [1.54, 1.807) is 31.2 Å². The molecule has 4 aromatic rings. The fraction of sp³-hybridized carbons (Fsp3) is 0.200. The smallest absolute Gasteiger partial charge is 0.433 e. The van der Waals surface area contributed by atoms with Crippen LogP contribution in [0, 0.1) is 34.9 Å². The number of ether oxygens (including phenoxy) is 3. The highest BCUT2D eigenvalue weighted by atomic mass is 19.3. The summed E-state index contributed by atoms with van der Waals surface area (Å²) < 4.78 is 125. The minimum absolute atomic E-state index is 0.151. The summed E-state index contributed by atoms with van der Waals surface area (Å²) in [4.78, 5) is 0. The predicted octanol–water partition coefficient (Wildman–Crippen LogP) is 8.42. The fourth-order valence-electron chi connectivity index (χ4n) is 3.93. The maximum Gasteiger partial charge on any atom is 0.433 e. The van der Waals surface area contributed by atoms with Crippen molar-refractivity contribution < 1.29 is 49.3 Å². The van der Waals surface area contributed by atoms with Gasteiger partial charge in [-0.25, -0.2) is 22.0 Å². The van der Waals surface area contributed by atoms with E-state index in [-0.39, 0.29) is 36.5 Å². The van der Waals surface area contributed by atoms with Crippen molar-refractivity contribution in [2.24, 2.45) is 0 Å². The van der Waals surface area contributed by atoms with E-state index in [2.05, 4.69) is 4.74 Å². The minimum Gasteiger partial charge on any atom is -0.491 e. The van der Waals surface area contributed by atoms with Gasteiger partial charge in [-0.2, -0.15) is 13.2 Å². The van der Waals surface area contributed by atoms with Gasteiger partial charge in [0, 0.05) is 12.1 Å². The van der Waals surface area contributed by atoms with Crippen molar-refractivity contribution in [1.82, 2.24) is 0 Å². The molecular formula is C30H22F8O3. The molecule has 0 atom stereocenters. The zero-order valence-corrected chi connectivity index (χ0v) is 21.4. The number of rotatable bonds is 11. The Balaban J connectivity index is 1.36. The van der Waals surface area contributed by atoms with Gasteiger partial charge in [0.15, 0.2) is 47.2 Å². The van der Waals surface area contributed by atoms with E-state index >= 15 is 0 Å². The highest BCUT2D eigenvalue weighted by molar-refractivity contribution is 5.64. The van der Waals surface area contributed by atoms with Crippen LogP contribution in [0.2, 0.25) is 0 Å². The van der Waals surface area contributed by atoms with Crippen LogP contribution >= 0.6 is 0 Å². The molecule has 0 fully saturated rings. The van der Waals surface area contributed by atoms with Crippen LogP contribution in [0.4, 0.5) is 35.1 Å². The van der Waals surface area contributed by atoms with Crippen molar-refractivity contribution >= 4 is 0 Å². The Morgan fingerprint density at radius 2 is 1.24 bits per heavy atom. The average molecular weight is 582 g/mol.